The topological polar surface area (TPSA) is 210 Å². The molecule has 3 aromatic carbocycles. The Balaban J connectivity index is 1.32. The lowest BCUT2D eigenvalue weighted by Crippen LogP contribution is -2.54. The van der Waals surface area contributed by atoms with Gasteiger partial charge in [0.15, 0.2) is 11.5 Å². The Morgan fingerprint density at radius 1 is 0.821 bits per heavy atom. The summed E-state index contributed by atoms with van der Waals surface area (Å²) < 4.78 is 84.3. The van der Waals surface area contributed by atoms with Crippen LogP contribution in [0, 0.1) is 5.92 Å². The maximum Gasteiger partial charge on any atom is 0.294 e. The normalized spacial score (nSPS) is 17.3. The number of likely N-dealkylation sites (N-methyl/N-ethyl adjacent to an activating group) is 1. The van der Waals surface area contributed by atoms with Gasteiger partial charge in [0, 0.05) is 78.2 Å². The summed E-state index contributed by atoms with van der Waals surface area (Å²) in [4.78, 5) is 41.7. The molecule has 2 amide bonds. The number of anilines is 1. The highest BCUT2D eigenvalue weighted by Crippen LogP contribution is 2.48. The van der Waals surface area contributed by atoms with Gasteiger partial charge < -0.3 is 20.1 Å². The third-order valence-electron chi connectivity index (χ3n) is 12.3. The summed E-state index contributed by atoms with van der Waals surface area (Å²) in [6, 6.07) is 16.4. The van der Waals surface area contributed by atoms with Gasteiger partial charge in [-0.15, -0.1) is 0 Å². The van der Waals surface area contributed by atoms with Crippen molar-refractivity contribution in [1.29, 1.82) is 0 Å². The van der Waals surface area contributed by atoms with E-state index in [0.29, 0.717) is 32.4 Å². The van der Waals surface area contributed by atoms with Crippen molar-refractivity contribution >= 4 is 69.8 Å². The van der Waals surface area contributed by atoms with Crippen LogP contribution in [0.3, 0.4) is 0 Å². The number of allylic oxidation sites excluding steroid dienone is 6. The number of amides is 2. The van der Waals surface area contributed by atoms with E-state index in [1.807, 2.05) is 95.3 Å². The zero-order valence-corrected chi connectivity index (χ0v) is 42.2. The molecule has 0 unspecified atom stereocenters. The quantitative estimate of drug-likeness (QED) is 0.0372. The second-order valence-electron chi connectivity index (χ2n) is 18.8. The molecule has 3 aromatic rings. The lowest BCUT2D eigenvalue weighted by molar-refractivity contribution is -0.438. The van der Waals surface area contributed by atoms with Gasteiger partial charge in [0.1, 0.15) is 22.7 Å². The third kappa shape index (κ3) is 12.9. The van der Waals surface area contributed by atoms with E-state index >= 15 is 0 Å². The molecule has 0 spiro atoms. The standard InChI is InChI=1S/C50H64N4O10S3/c1-10-53-41-27-25-36(66(59,60)61)31-38(41)49(4,5)44(53)22-16-12-17-23-45-50(6,7)39-32-37(67(62,63)64)26-28-42(39)54(45)29-19-13-18-24-46(56)51-40(30-35-20-14-11-15-21-35)48(57)52-47(34(2)3)43(55)33-65(8,9)58/h11-12,14-17,20-23,25-28,31-34,40,47H,10,13,18-19,24,29-30H2,1-9H3,(H3-,51,52,56,57,59,60,61,62,63,64)/t40-,47-/m0/s1. The van der Waals surface area contributed by atoms with Gasteiger partial charge in [-0.3, -0.25) is 23.1 Å². The number of rotatable bonds is 20. The van der Waals surface area contributed by atoms with Gasteiger partial charge in [-0.05, 0) is 96.6 Å². The van der Waals surface area contributed by atoms with Crippen LogP contribution >= 0.6 is 0 Å². The number of nitrogens with zero attached hydrogens (tertiary/aromatic N) is 2. The molecule has 362 valence electrons. The number of Topliss-reactive ketones (excluding diaryl/α,β-unsaturated/α-hetero) is 1. The molecule has 17 heteroatoms. The van der Waals surface area contributed by atoms with E-state index in [1.165, 1.54) is 36.8 Å². The summed E-state index contributed by atoms with van der Waals surface area (Å²) >= 11 is 0. The minimum absolute atomic E-state index is 0.138. The molecule has 67 heavy (non-hydrogen) atoms. The predicted molar refractivity (Wildman–Crippen MR) is 264 cm³/mol. The van der Waals surface area contributed by atoms with E-state index in [-0.39, 0.29) is 34.5 Å². The van der Waals surface area contributed by atoms with Crippen LogP contribution in [-0.4, -0.2) is 101 Å². The van der Waals surface area contributed by atoms with Crippen molar-refractivity contribution in [1.82, 2.24) is 10.6 Å². The molecular formula is C50H64N4O10S3. The summed E-state index contributed by atoms with van der Waals surface area (Å²) in [6.45, 7) is 14.6. The van der Waals surface area contributed by atoms with Crippen LogP contribution in [0.2, 0.25) is 0 Å². The summed E-state index contributed by atoms with van der Waals surface area (Å²) in [5.41, 5.74) is 4.43. The molecule has 0 aliphatic carbocycles. The first kappa shape index (κ1) is 52.8. The first-order valence-electron chi connectivity index (χ1n) is 22.3. The number of hydrogen-bond donors (Lipinski definition) is 3. The van der Waals surface area contributed by atoms with E-state index in [1.54, 1.807) is 26.0 Å². The maximum atomic E-state index is 13.7. The van der Waals surface area contributed by atoms with Crippen molar-refractivity contribution in [2.24, 2.45) is 5.92 Å². The van der Waals surface area contributed by atoms with E-state index < -0.39 is 64.4 Å². The maximum absolute atomic E-state index is 13.7. The first-order chi connectivity index (χ1) is 31.2. The molecule has 5 rings (SSSR count). The molecule has 2 atom stereocenters. The van der Waals surface area contributed by atoms with Crippen LogP contribution in [0.5, 0.6) is 0 Å². The Kier molecular flexibility index (Phi) is 16.5. The Morgan fingerprint density at radius 2 is 1.48 bits per heavy atom. The number of nitrogens with one attached hydrogen (secondary N) is 2. The smallest absolute Gasteiger partial charge is 0.294 e. The fourth-order valence-electron chi connectivity index (χ4n) is 8.80. The number of hydrogen-bond acceptors (Lipinski definition) is 10. The number of ketones is 1. The largest absolute Gasteiger partial charge is 0.744 e. The lowest BCUT2D eigenvalue weighted by atomic mass is 9.81. The van der Waals surface area contributed by atoms with Crippen LogP contribution in [0.4, 0.5) is 11.4 Å². The molecule has 2 aliphatic heterocycles. The predicted octanol–water partition coefficient (Wildman–Crippen LogP) is 6.37. The fourth-order valence-corrected chi connectivity index (χ4v) is 10.5. The van der Waals surface area contributed by atoms with Crippen molar-refractivity contribution in [2.75, 3.05) is 30.5 Å². The highest BCUT2D eigenvalue weighted by molar-refractivity contribution is 8.01. The summed E-state index contributed by atoms with van der Waals surface area (Å²) in [6.07, 6.45) is 14.6. The zero-order chi connectivity index (χ0) is 49.7. The van der Waals surface area contributed by atoms with Gasteiger partial charge in [-0.2, -0.15) is 13.0 Å². The van der Waals surface area contributed by atoms with Gasteiger partial charge in [0.25, 0.3) is 10.1 Å². The van der Waals surface area contributed by atoms with Crippen LogP contribution in [0.15, 0.2) is 113 Å². The average Bonchev–Trinajstić information content (AvgIpc) is 3.58. The molecule has 0 fully saturated rings. The molecule has 2 aliphatic rings. The molecule has 0 radical (unpaired) electrons. The van der Waals surface area contributed by atoms with Crippen LogP contribution in [0.25, 0.3) is 0 Å². The summed E-state index contributed by atoms with van der Waals surface area (Å²) in [5.74, 6) is -1.58. The van der Waals surface area contributed by atoms with Gasteiger partial charge in [-0.1, -0.05) is 76.3 Å². The number of benzene rings is 3. The Morgan fingerprint density at radius 3 is 2.09 bits per heavy atom. The molecule has 0 bridgehead atoms. The molecule has 2 heterocycles. The lowest BCUT2D eigenvalue weighted by Gasteiger charge is -2.25. The SMILES string of the molecule is CCN1/C(=C/C=C/C=C/C2=[N+](CCCCCC(=O)N[C@@H](Cc3ccccc3)C(=O)N[C@H](C(=O)C=S(C)(C)=O)C(C)C)c3ccc(S(=O)(=O)O)cc3C2(C)C)C(C)(C)c2cc(S(=O)(=O)[O-])ccc21. The molecule has 0 aromatic heterocycles. The van der Waals surface area contributed by atoms with E-state index in [4.69, 9.17) is 0 Å². The molecular weight excluding hydrogens is 913 g/mol. The summed E-state index contributed by atoms with van der Waals surface area (Å²) in [5, 5.41) is 6.83. The number of unbranched alkanes of at least 4 members (excludes halogenated alkanes) is 2. The molecule has 3 N–H and O–H groups in total. The van der Waals surface area contributed by atoms with Crippen LogP contribution < -0.4 is 15.5 Å². The Bertz CT molecular complexity index is 2860. The van der Waals surface area contributed by atoms with Crippen LogP contribution in [0.1, 0.15) is 90.8 Å². The van der Waals surface area contributed by atoms with Crippen molar-refractivity contribution < 1.29 is 49.1 Å². The number of carbonyl (C=O) groups excluding carboxylic acids is 3. The molecule has 0 saturated carbocycles. The van der Waals surface area contributed by atoms with Crippen molar-refractivity contribution in [3.8, 4) is 0 Å². The van der Waals surface area contributed by atoms with Gasteiger partial charge >= 0.3 is 0 Å². The third-order valence-corrected chi connectivity index (χ3v) is 14.7. The number of carbonyl (C=O) groups is 3. The average molecular weight is 977 g/mol. The highest BCUT2D eigenvalue weighted by Gasteiger charge is 2.45. The minimum Gasteiger partial charge on any atom is -0.744 e. The van der Waals surface area contributed by atoms with Gasteiger partial charge in [0.2, 0.25) is 17.5 Å². The second kappa shape index (κ2) is 21.0. The van der Waals surface area contributed by atoms with Crippen molar-refractivity contribution in [2.45, 2.75) is 113 Å². The van der Waals surface area contributed by atoms with Gasteiger partial charge in [0.05, 0.1) is 21.2 Å². The highest BCUT2D eigenvalue weighted by atomic mass is 32.2. The van der Waals surface area contributed by atoms with Crippen molar-refractivity contribution in [3.05, 3.63) is 119 Å². The molecule has 0 saturated heterocycles. The molecule has 14 nitrogen and oxygen atoms in total. The monoisotopic (exact) mass is 976 g/mol. The second-order valence-corrected chi connectivity index (χ2v) is 24.4. The minimum atomic E-state index is -4.63. The zero-order valence-electron chi connectivity index (χ0n) is 39.7. The first-order valence-corrected chi connectivity index (χ1v) is 27.6. The Hall–Kier alpha value is -5.20. The fraction of sp³-hybridized carbons (Fsp3) is 0.420. The van der Waals surface area contributed by atoms with E-state index in [9.17, 15) is 44.5 Å². The summed E-state index contributed by atoms with van der Waals surface area (Å²) in [7, 11) is -11.6. The number of fused-ring (bicyclic) bond motifs is 2. The van der Waals surface area contributed by atoms with Crippen molar-refractivity contribution in [3.63, 3.8) is 0 Å². The van der Waals surface area contributed by atoms with E-state index in [0.717, 1.165) is 44.8 Å². The van der Waals surface area contributed by atoms with Crippen LogP contribution in [-0.2, 0) is 61.4 Å². The Labute approximate surface area is 396 Å². The van der Waals surface area contributed by atoms with Gasteiger partial charge in [-0.25, -0.2) is 8.42 Å². The van der Waals surface area contributed by atoms with E-state index in [2.05, 4.69) is 20.1 Å².